The summed E-state index contributed by atoms with van der Waals surface area (Å²) in [6.45, 7) is 0. The molecule has 1 aromatic heterocycles. The molecule has 6 heteroatoms. The number of carboxylic acids is 1. The molecule has 5 nitrogen and oxygen atoms in total. The summed E-state index contributed by atoms with van der Waals surface area (Å²) in [5.74, 6) is -0.260. The van der Waals surface area contributed by atoms with Crippen molar-refractivity contribution in [1.29, 1.82) is 0 Å². The van der Waals surface area contributed by atoms with Crippen LogP contribution in [0.3, 0.4) is 0 Å². The zero-order chi connectivity index (χ0) is 14.8. The van der Waals surface area contributed by atoms with Crippen molar-refractivity contribution < 1.29 is 14.4 Å². The van der Waals surface area contributed by atoms with Gasteiger partial charge in [0.05, 0.1) is 5.56 Å². The minimum Gasteiger partial charge on any atom is -0.478 e. The van der Waals surface area contributed by atoms with E-state index in [0.29, 0.717) is 11.4 Å². The lowest BCUT2D eigenvalue weighted by atomic mass is 10.1. The summed E-state index contributed by atoms with van der Waals surface area (Å²) in [6.07, 6.45) is 0. The molecule has 1 N–H and O–H groups in total. The van der Waals surface area contributed by atoms with Crippen LogP contribution in [-0.2, 0) is 0 Å². The highest BCUT2D eigenvalue weighted by Crippen LogP contribution is 2.24. The maximum Gasteiger partial charge on any atom is 0.335 e. The number of aromatic carboxylic acids is 1. The number of halogens is 1. The van der Waals surface area contributed by atoms with Crippen LogP contribution in [0.2, 0.25) is 0 Å². The molecule has 0 atom stereocenters. The molecule has 0 spiro atoms. The molecular formula is C15H9BrN2O3. The van der Waals surface area contributed by atoms with Gasteiger partial charge in [0.2, 0.25) is 5.82 Å². The van der Waals surface area contributed by atoms with Crippen molar-refractivity contribution >= 4 is 21.9 Å². The van der Waals surface area contributed by atoms with Crippen molar-refractivity contribution in [1.82, 2.24) is 10.1 Å². The first-order valence-electron chi connectivity index (χ1n) is 6.07. The van der Waals surface area contributed by atoms with Gasteiger partial charge in [0.1, 0.15) is 0 Å². The molecule has 2 aromatic carbocycles. The van der Waals surface area contributed by atoms with Gasteiger partial charge in [-0.25, -0.2) is 4.79 Å². The molecule has 0 aliphatic heterocycles. The largest absolute Gasteiger partial charge is 0.478 e. The van der Waals surface area contributed by atoms with Crippen LogP contribution in [0.15, 0.2) is 57.5 Å². The monoisotopic (exact) mass is 344 g/mol. The molecule has 0 bridgehead atoms. The van der Waals surface area contributed by atoms with Gasteiger partial charge in [0.15, 0.2) is 0 Å². The highest BCUT2D eigenvalue weighted by Gasteiger charge is 2.12. The summed E-state index contributed by atoms with van der Waals surface area (Å²) < 4.78 is 6.13. The second-order valence-electron chi connectivity index (χ2n) is 4.32. The standard InChI is InChI=1S/C15H9BrN2O3/c16-12-6-2-3-9(8-12)13-17-14(21-18-13)10-4-1-5-11(7-10)15(19)20/h1-8H,(H,19,20). The van der Waals surface area contributed by atoms with Crippen LogP contribution >= 0.6 is 15.9 Å². The van der Waals surface area contributed by atoms with E-state index < -0.39 is 5.97 Å². The van der Waals surface area contributed by atoms with E-state index in [9.17, 15) is 4.79 Å². The number of carboxylic acid groups (broad SMARTS) is 1. The topological polar surface area (TPSA) is 76.2 Å². The van der Waals surface area contributed by atoms with Gasteiger partial charge in [-0.2, -0.15) is 4.98 Å². The molecule has 21 heavy (non-hydrogen) atoms. The first kappa shape index (κ1) is 13.5. The fourth-order valence-electron chi connectivity index (χ4n) is 1.87. The van der Waals surface area contributed by atoms with E-state index in [0.717, 1.165) is 10.0 Å². The predicted molar refractivity (Wildman–Crippen MR) is 79.8 cm³/mol. The van der Waals surface area contributed by atoms with Crippen molar-refractivity contribution in [3.63, 3.8) is 0 Å². The molecule has 0 aliphatic carbocycles. The molecule has 0 saturated heterocycles. The van der Waals surface area contributed by atoms with Crippen LogP contribution in [0.5, 0.6) is 0 Å². The zero-order valence-corrected chi connectivity index (χ0v) is 12.2. The number of nitrogens with zero attached hydrogens (tertiary/aromatic N) is 2. The Morgan fingerprint density at radius 2 is 1.86 bits per heavy atom. The number of benzene rings is 2. The highest BCUT2D eigenvalue weighted by molar-refractivity contribution is 9.10. The smallest absolute Gasteiger partial charge is 0.335 e. The molecule has 0 radical (unpaired) electrons. The fraction of sp³-hybridized carbons (Fsp3) is 0. The number of rotatable bonds is 3. The van der Waals surface area contributed by atoms with E-state index in [1.54, 1.807) is 12.1 Å². The van der Waals surface area contributed by atoms with E-state index in [4.69, 9.17) is 9.63 Å². The highest BCUT2D eigenvalue weighted by atomic mass is 79.9. The lowest BCUT2D eigenvalue weighted by Crippen LogP contribution is -1.95. The van der Waals surface area contributed by atoms with Crippen LogP contribution in [0, 0.1) is 0 Å². The Labute approximate surface area is 128 Å². The third-order valence-electron chi connectivity index (χ3n) is 2.87. The molecule has 1 heterocycles. The van der Waals surface area contributed by atoms with Crippen molar-refractivity contribution in [2.24, 2.45) is 0 Å². The van der Waals surface area contributed by atoms with Gasteiger partial charge in [0.25, 0.3) is 5.89 Å². The van der Waals surface area contributed by atoms with Gasteiger partial charge in [-0.1, -0.05) is 39.3 Å². The summed E-state index contributed by atoms with van der Waals surface area (Å²) in [5.41, 5.74) is 1.56. The summed E-state index contributed by atoms with van der Waals surface area (Å²) >= 11 is 3.39. The Kier molecular flexibility index (Phi) is 3.53. The molecular weight excluding hydrogens is 336 g/mol. The van der Waals surface area contributed by atoms with Gasteiger partial charge in [0, 0.05) is 15.6 Å². The number of aromatic nitrogens is 2. The van der Waals surface area contributed by atoms with Crippen LogP contribution < -0.4 is 0 Å². The van der Waals surface area contributed by atoms with Crippen LogP contribution in [0.1, 0.15) is 10.4 Å². The van der Waals surface area contributed by atoms with Crippen LogP contribution in [-0.4, -0.2) is 21.2 Å². The van der Waals surface area contributed by atoms with Crippen molar-refractivity contribution in [3.8, 4) is 22.8 Å². The third-order valence-corrected chi connectivity index (χ3v) is 3.36. The number of hydrogen-bond acceptors (Lipinski definition) is 4. The summed E-state index contributed by atoms with van der Waals surface area (Å²) in [7, 11) is 0. The first-order valence-corrected chi connectivity index (χ1v) is 6.86. The predicted octanol–water partition coefficient (Wildman–Crippen LogP) is 3.86. The fourth-order valence-corrected chi connectivity index (χ4v) is 2.27. The maximum atomic E-state index is 11.0. The van der Waals surface area contributed by atoms with E-state index >= 15 is 0 Å². The molecule has 3 aromatic rings. The SMILES string of the molecule is O=C(O)c1cccc(-c2nc(-c3cccc(Br)c3)no2)c1. The third kappa shape index (κ3) is 2.85. The second-order valence-corrected chi connectivity index (χ2v) is 5.24. The summed E-state index contributed by atoms with van der Waals surface area (Å²) in [5, 5.41) is 12.9. The molecule has 0 aliphatic rings. The first-order chi connectivity index (χ1) is 10.1. The van der Waals surface area contributed by atoms with E-state index in [1.165, 1.54) is 12.1 Å². The average molecular weight is 345 g/mol. The van der Waals surface area contributed by atoms with Gasteiger partial charge >= 0.3 is 5.97 Å². The Morgan fingerprint density at radius 1 is 1.10 bits per heavy atom. The molecule has 3 rings (SSSR count). The van der Waals surface area contributed by atoms with E-state index in [-0.39, 0.29) is 11.5 Å². The Balaban J connectivity index is 1.98. The van der Waals surface area contributed by atoms with Crippen LogP contribution in [0.25, 0.3) is 22.8 Å². The Morgan fingerprint density at radius 3 is 2.62 bits per heavy atom. The van der Waals surface area contributed by atoms with Crippen LogP contribution in [0.4, 0.5) is 0 Å². The molecule has 0 unspecified atom stereocenters. The minimum atomic E-state index is -0.997. The second kappa shape index (κ2) is 5.49. The van der Waals surface area contributed by atoms with Crippen molar-refractivity contribution in [2.45, 2.75) is 0 Å². The zero-order valence-electron chi connectivity index (χ0n) is 10.7. The Hall–Kier alpha value is -2.47. The molecule has 104 valence electrons. The van der Waals surface area contributed by atoms with E-state index in [2.05, 4.69) is 26.1 Å². The minimum absolute atomic E-state index is 0.176. The van der Waals surface area contributed by atoms with Crippen molar-refractivity contribution in [3.05, 3.63) is 58.6 Å². The quantitative estimate of drug-likeness (QED) is 0.780. The van der Waals surface area contributed by atoms with Gasteiger partial charge in [-0.3, -0.25) is 0 Å². The lowest BCUT2D eigenvalue weighted by Gasteiger charge is -1.97. The van der Waals surface area contributed by atoms with Gasteiger partial charge < -0.3 is 9.63 Å². The maximum absolute atomic E-state index is 11.0. The Bertz CT molecular complexity index is 814. The molecule has 0 saturated carbocycles. The summed E-state index contributed by atoms with van der Waals surface area (Å²) in [4.78, 5) is 15.3. The molecule has 0 fully saturated rings. The van der Waals surface area contributed by atoms with E-state index in [1.807, 2.05) is 24.3 Å². The lowest BCUT2D eigenvalue weighted by molar-refractivity contribution is 0.0697. The van der Waals surface area contributed by atoms with Crippen molar-refractivity contribution in [2.75, 3.05) is 0 Å². The average Bonchev–Trinajstić information content (AvgIpc) is 2.97. The molecule has 0 amide bonds. The van der Waals surface area contributed by atoms with Gasteiger partial charge in [-0.05, 0) is 30.3 Å². The van der Waals surface area contributed by atoms with Gasteiger partial charge in [-0.15, -0.1) is 0 Å². The summed E-state index contributed by atoms with van der Waals surface area (Å²) in [6, 6.07) is 13.9. The number of hydrogen-bond donors (Lipinski definition) is 1. The normalized spacial score (nSPS) is 10.5. The number of carbonyl (C=O) groups is 1.